The fourth-order valence-electron chi connectivity index (χ4n) is 1.92. The molecule has 1 heteroatoms. The average molecular weight is 193 g/mol. The second-order valence-corrected chi connectivity index (χ2v) is 4.56. The van der Waals surface area contributed by atoms with Crippen LogP contribution >= 0.6 is 0 Å². The Labute approximate surface area is 88.3 Å². The van der Waals surface area contributed by atoms with Gasteiger partial charge in [-0.3, -0.25) is 0 Å². The van der Waals surface area contributed by atoms with Crippen molar-refractivity contribution in [2.45, 2.75) is 52.0 Å². The molecule has 0 spiro atoms. The minimum Gasteiger partial charge on any atom is -0.314 e. The topological polar surface area (TPSA) is 12.0 Å². The van der Waals surface area contributed by atoms with Crippen molar-refractivity contribution in [3.63, 3.8) is 0 Å². The molecule has 0 amide bonds. The third kappa shape index (κ3) is 4.61. The molecule has 1 saturated heterocycles. The summed E-state index contributed by atoms with van der Waals surface area (Å²) >= 11 is 0. The Morgan fingerprint density at radius 1 is 1.43 bits per heavy atom. The van der Waals surface area contributed by atoms with Crippen LogP contribution < -0.4 is 5.32 Å². The molecule has 1 aliphatic rings. The quantitative estimate of drug-likeness (QED) is 0.674. The van der Waals surface area contributed by atoms with E-state index in [1.165, 1.54) is 43.4 Å². The minimum absolute atomic E-state index is 0.727. The van der Waals surface area contributed by atoms with Crippen LogP contribution in [0.1, 0.15) is 46.0 Å². The molecule has 0 radical (unpaired) electrons. The molecule has 1 unspecified atom stereocenters. The third-order valence-electron chi connectivity index (χ3n) is 2.78. The molecule has 1 nitrogen and oxygen atoms in total. The van der Waals surface area contributed by atoms with Crippen molar-refractivity contribution in [1.82, 2.24) is 5.32 Å². The van der Waals surface area contributed by atoms with Gasteiger partial charge in [0.1, 0.15) is 0 Å². The number of piperidine rings is 1. The summed E-state index contributed by atoms with van der Waals surface area (Å²) in [6, 6.07) is 0.727. The van der Waals surface area contributed by atoms with Crippen LogP contribution in [0.15, 0.2) is 23.8 Å². The Morgan fingerprint density at radius 3 is 2.79 bits per heavy atom. The summed E-state index contributed by atoms with van der Waals surface area (Å²) in [4.78, 5) is 0. The van der Waals surface area contributed by atoms with Gasteiger partial charge in [-0.2, -0.15) is 0 Å². The van der Waals surface area contributed by atoms with Crippen molar-refractivity contribution in [1.29, 1.82) is 0 Å². The zero-order chi connectivity index (χ0) is 10.4. The van der Waals surface area contributed by atoms with E-state index in [2.05, 4.69) is 31.8 Å². The third-order valence-corrected chi connectivity index (χ3v) is 2.78. The Morgan fingerprint density at radius 2 is 2.21 bits per heavy atom. The van der Waals surface area contributed by atoms with E-state index in [-0.39, 0.29) is 0 Å². The molecule has 1 atom stereocenters. The molecule has 1 N–H and O–H groups in total. The zero-order valence-electron chi connectivity index (χ0n) is 9.60. The second-order valence-electron chi connectivity index (χ2n) is 4.56. The summed E-state index contributed by atoms with van der Waals surface area (Å²) in [7, 11) is 0. The molecule has 80 valence electrons. The van der Waals surface area contributed by atoms with Crippen LogP contribution in [0.4, 0.5) is 0 Å². The maximum atomic E-state index is 3.91. The van der Waals surface area contributed by atoms with E-state index in [0.29, 0.717) is 0 Å². The molecule has 1 fully saturated rings. The van der Waals surface area contributed by atoms with Crippen LogP contribution in [0.2, 0.25) is 0 Å². The summed E-state index contributed by atoms with van der Waals surface area (Å²) in [5, 5.41) is 3.57. The largest absolute Gasteiger partial charge is 0.314 e. The molecule has 1 aliphatic heterocycles. The average Bonchev–Trinajstić information content (AvgIpc) is 2.16. The summed E-state index contributed by atoms with van der Waals surface area (Å²) in [5.41, 5.74) is 2.76. The standard InChI is InChI=1S/C13H23N/c1-11(2)7-8-12(3)10-13-6-4-5-9-14-13/h8,13-14H,1,4-7,9-10H2,2-3H3/b12-8-. The van der Waals surface area contributed by atoms with E-state index < -0.39 is 0 Å². The van der Waals surface area contributed by atoms with E-state index in [0.717, 1.165) is 12.5 Å². The lowest BCUT2D eigenvalue weighted by atomic mass is 9.97. The zero-order valence-corrected chi connectivity index (χ0v) is 9.60. The van der Waals surface area contributed by atoms with Crippen LogP contribution in [0.5, 0.6) is 0 Å². The van der Waals surface area contributed by atoms with E-state index in [9.17, 15) is 0 Å². The summed E-state index contributed by atoms with van der Waals surface area (Å²) < 4.78 is 0. The Bertz CT molecular complexity index is 209. The van der Waals surface area contributed by atoms with E-state index in [1.54, 1.807) is 0 Å². The minimum atomic E-state index is 0.727. The fourth-order valence-corrected chi connectivity index (χ4v) is 1.92. The number of rotatable bonds is 4. The molecule has 0 aliphatic carbocycles. The normalized spacial score (nSPS) is 23.6. The first-order valence-corrected chi connectivity index (χ1v) is 5.72. The monoisotopic (exact) mass is 193 g/mol. The maximum Gasteiger partial charge on any atom is 0.0104 e. The molecule has 0 saturated carbocycles. The smallest absolute Gasteiger partial charge is 0.0104 e. The van der Waals surface area contributed by atoms with Gasteiger partial charge in [0, 0.05) is 6.04 Å². The molecule has 1 heterocycles. The molecule has 14 heavy (non-hydrogen) atoms. The van der Waals surface area contributed by atoms with Crippen molar-refractivity contribution in [2.24, 2.45) is 0 Å². The maximum absolute atomic E-state index is 3.91. The van der Waals surface area contributed by atoms with Crippen molar-refractivity contribution < 1.29 is 0 Å². The summed E-state index contributed by atoms with van der Waals surface area (Å²) in [6.45, 7) is 9.44. The number of allylic oxidation sites excluding steroid dienone is 2. The molecule has 0 aromatic carbocycles. The predicted octanol–water partition coefficient (Wildman–Crippen LogP) is 3.43. The molecule has 0 bridgehead atoms. The Hall–Kier alpha value is -0.560. The molecular weight excluding hydrogens is 170 g/mol. The van der Waals surface area contributed by atoms with Gasteiger partial charge in [0.25, 0.3) is 0 Å². The van der Waals surface area contributed by atoms with Gasteiger partial charge in [-0.25, -0.2) is 0 Å². The van der Waals surface area contributed by atoms with Crippen molar-refractivity contribution in [3.05, 3.63) is 23.8 Å². The number of hydrogen-bond acceptors (Lipinski definition) is 1. The van der Waals surface area contributed by atoms with Gasteiger partial charge < -0.3 is 5.32 Å². The Balaban J connectivity index is 2.27. The van der Waals surface area contributed by atoms with Crippen LogP contribution in [0.25, 0.3) is 0 Å². The summed E-state index contributed by atoms with van der Waals surface area (Å²) in [5.74, 6) is 0. The molecule has 0 aromatic heterocycles. The van der Waals surface area contributed by atoms with Gasteiger partial charge in [0.15, 0.2) is 0 Å². The van der Waals surface area contributed by atoms with Gasteiger partial charge in [-0.1, -0.05) is 30.2 Å². The van der Waals surface area contributed by atoms with Crippen molar-refractivity contribution >= 4 is 0 Å². The first-order chi connectivity index (χ1) is 6.68. The highest BCUT2D eigenvalue weighted by Crippen LogP contribution is 2.15. The first kappa shape index (κ1) is 11.5. The highest BCUT2D eigenvalue weighted by molar-refractivity contribution is 5.07. The van der Waals surface area contributed by atoms with Gasteiger partial charge in [-0.05, 0) is 46.1 Å². The second kappa shape index (κ2) is 6.02. The highest BCUT2D eigenvalue weighted by Gasteiger charge is 2.11. The lowest BCUT2D eigenvalue weighted by Gasteiger charge is -2.23. The van der Waals surface area contributed by atoms with Gasteiger partial charge in [0.05, 0.1) is 0 Å². The highest BCUT2D eigenvalue weighted by atomic mass is 14.9. The SMILES string of the molecule is C=C(C)C/C=C(/C)CC1CCCCN1. The molecule has 1 rings (SSSR count). The summed E-state index contributed by atoms with van der Waals surface area (Å²) in [6.07, 6.45) is 8.67. The molecule has 0 aromatic rings. The predicted molar refractivity (Wildman–Crippen MR) is 63.4 cm³/mol. The van der Waals surface area contributed by atoms with Crippen LogP contribution in [-0.4, -0.2) is 12.6 Å². The van der Waals surface area contributed by atoms with Crippen LogP contribution in [0, 0.1) is 0 Å². The number of hydrogen-bond donors (Lipinski definition) is 1. The lowest BCUT2D eigenvalue weighted by Crippen LogP contribution is -2.33. The number of nitrogens with one attached hydrogen (secondary N) is 1. The first-order valence-electron chi connectivity index (χ1n) is 5.72. The van der Waals surface area contributed by atoms with E-state index >= 15 is 0 Å². The van der Waals surface area contributed by atoms with E-state index in [4.69, 9.17) is 0 Å². The van der Waals surface area contributed by atoms with Crippen molar-refractivity contribution in [3.8, 4) is 0 Å². The van der Waals surface area contributed by atoms with Crippen LogP contribution in [0.3, 0.4) is 0 Å². The Kier molecular flexibility index (Phi) is 4.95. The van der Waals surface area contributed by atoms with E-state index in [1.807, 2.05) is 0 Å². The van der Waals surface area contributed by atoms with Gasteiger partial charge in [0.2, 0.25) is 0 Å². The van der Waals surface area contributed by atoms with Crippen LogP contribution in [-0.2, 0) is 0 Å². The fraction of sp³-hybridized carbons (Fsp3) is 0.692. The lowest BCUT2D eigenvalue weighted by molar-refractivity contribution is 0.398. The molecular formula is C13H23N. The van der Waals surface area contributed by atoms with Crippen molar-refractivity contribution in [2.75, 3.05) is 6.54 Å². The van der Waals surface area contributed by atoms with Gasteiger partial charge >= 0.3 is 0 Å². The van der Waals surface area contributed by atoms with Gasteiger partial charge in [-0.15, -0.1) is 0 Å².